The van der Waals surface area contributed by atoms with Crippen LogP contribution >= 0.6 is 0 Å². The molecule has 102 valence electrons. The zero-order valence-electron chi connectivity index (χ0n) is 10.5. The number of sulfonamides is 1. The van der Waals surface area contributed by atoms with Crippen molar-refractivity contribution in [1.82, 2.24) is 9.78 Å². The smallest absolute Gasteiger partial charge is 0.238 e. The monoisotopic (exact) mass is 280 g/mol. The Hall–Kier alpha value is -1.86. The lowest BCUT2D eigenvalue weighted by atomic mass is 10.2. The number of hydrogen-bond acceptors (Lipinski definition) is 4. The summed E-state index contributed by atoms with van der Waals surface area (Å²) in [5.41, 5.74) is 0.714. The summed E-state index contributed by atoms with van der Waals surface area (Å²) < 4.78 is 24.3. The van der Waals surface area contributed by atoms with Crippen LogP contribution in [0.4, 0.5) is 5.69 Å². The minimum absolute atomic E-state index is 0.101. The van der Waals surface area contributed by atoms with Gasteiger partial charge in [0.1, 0.15) is 0 Å². The molecule has 0 spiro atoms. The Labute approximate surface area is 112 Å². The molecule has 0 fully saturated rings. The third kappa shape index (κ3) is 3.80. The second-order valence-electron chi connectivity index (χ2n) is 4.35. The Morgan fingerprint density at radius 1 is 1.42 bits per heavy atom. The summed E-state index contributed by atoms with van der Waals surface area (Å²) in [6.07, 6.45) is 3.59. The highest BCUT2D eigenvalue weighted by atomic mass is 32.2. The molecule has 6 nitrogen and oxygen atoms in total. The summed E-state index contributed by atoms with van der Waals surface area (Å²) in [6, 6.07) is 8.41. The minimum Gasteiger partial charge on any atom is -0.381 e. The van der Waals surface area contributed by atoms with Gasteiger partial charge in [0.05, 0.1) is 11.4 Å². The molecule has 0 saturated carbocycles. The largest absolute Gasteiger partial charge is 0.381 e. The lowest BCUT2D eigenvalue weighted by Crippen LogP contribution is -2.22. The van der Waals surface area contributed by atoms with Crippen LogP contribution in [-0.2, 0) is 16.6 Å². The second kappa shape index (κ2) is 5.41. The molecule has 19 heavy (non-hydrogen) atoms. The lowest BCUT2D eigenvalue weighted by Gasteiger charge is -2.15. The number of rotatable bonds is 5. The van der Waals surface area contributed by atoms with Crippen molar-refractivity contribution in [3.63, 3.8) is 0 Å². The molecule has 0 aliphatic carbocycles. The highest BCUT2D eigenvalue weighted by molar-refractivity contribution is 7.89. The van der Waals surface area contributed by atoms with Gasteiger partial charge in [0.2, 0.25) is 10.0 Å². The van der Waals surface area contributed by atoms with Gasteiger partial charge in [-0.3, -0.25) is 4.68 Å². The molecule has 0 aliphatic rings. The van der Waals surface area contributed by atoms with Crippen molar-refractivity contribution in [2.45, 2.75) is 24.4 Å². The number of nitrogens with one attached hydrogen (secondary N) is 1. The number of hydrogen-bond donors (Lipinski definition) is 2. The van der Waals surface area contributed by atoms with Crippen molar-refractivity contribution < 1.29 is 8.42 Å². The molecular formula is C12H16N4O2S. The van der Waals surface area contributed by atoms with E-state index in [-0.39, 0.29) is 10.9 Å². The second-order valence-corrected chi connectivity index (χ2v) is 5.91. The van der Waals surface area contributed by atoms with E-state index < -0.39 is 10.0 Å². The summed E-state index contributed by atoms with van der Waals surface area (Å²) >= 11 is 0. The van der Waals surface area contributed by atoms with Gasteiger partial charge >= 0.3 is 0 Å². The van der Waals surface area contributed by atoms with Crippen LogP contribution in [0.25, 0.3) is 0 Å². The van der Waals surface area contributed by atoms with Gasteiger partial charge in [-0.1, -0.05) is 6.07 Å². The molecule has 1 aromatic heterocycles. The van der Waals surface area contributed by atoms with Crippen LogP contribution < -0.4 is 10.5 Å². The Bertz CT molecular complexity index is 638. The predicted molar refractivity (Wildman–Crippen MR) is 73.1 cm³/mol. The first-order valence-electron chi connectivity index (χ1n) is 5.82. The Balaban J connectivity index is 2.07. The first kappa shape index (κ1) is 13.6. The summed E-state index contributed by atoms with van der Waals surface area (Å²) in [7, 11) is -3.67. The molecule has 0 saturated heterocycles. The molecule has 0 aliphatic heterocycles. The van der Waals surface area contributed by atoms with Gasteiger partial charge in [-0.15, -0.1) is 0 Å². The van der Waals surface area contributed by atoms with Crippen molar-refractivity contribution in [3.05, 3.63) is 42.7 Å². The fraction of sp³-hybridized carbons (Fsp3) is 0.250. The van der Waals surface area contributed by atoms with E-state index in [0.29, 0.717) is 12.2 Å². The van der Waals surface area contributed by atoms with Gasteiger partial charge in [-0.05, 0) is 31.2 Å². The zero-order valence-corrected chi connectivity index (χ0v) is 11.3. The lowest BCUT2D eigenvalue weighted by molar-refractivity contribution is 0.560. The molecule has 0 bridgehead atoms. The number of primary sulfonamides is 1. The quantitative estimate of drug-likeness (QED) is 0.856. The van der Waals surface area contributed by atoms with Crippen molar-refractivity contribution in [2.24, 2.45) is 5.14 Å². The van der Waals surface area contributed by atoms with Crippen LogP contribution in [0.2, 0.25) is 0 Å². The van der Waals surface area contributed by atoms with E-state index in [1.807, 2.05) is 19.2 Å². The molecule has 7 heteroatoms. The van der Waals surface area contributed by atoms with Crippen LogP contribution in [0, 0.1) is 0 Å². The Morgan fingerprint density at radius 2 is 2.21 bits per heavy atom. The van der Waals surface area contributed by atoms with Gasteiger partial charge in [0.25, 0.3) is 0 Å². The number of nitrogens with zero attached hydrogens (tertiary/aromatic N) is 2. The van der Waals surface area contributed by atoms with E-state index in [0.717, 1.165) is 0 Å². The fourth-order valence-electron chi connectivity index (χ4n) is 1.78. The molecule has 0 unspecified atom stereocenters. The number of nitrogens with two attached hydrogens (primary N) is 1. The van der Waals surface area contributed by atoms with Crippen molar-refractivity contribution >= 4 is 15.7 Å². The number of aromatic nitrogens is 2. The normalized spacial score (nSPS) is 13.2. The molecule has 2 rings (SSSR count). The van der Waals surface area contributed by atoms with E-state index in [1.54, 1.807) is 23.0 Å². The molecule has 2 aromatic rings. The molecule has 0 radical (unpaired) electrons. The SMILES string of the molecule is C[C@@H](Cn1cccn1)Nc1cccc(S(N)(=O)=O)c1. The predicted octanol–water partition coefficient (Wildman–Crippen LogP) is 1.03. The van der Waals surface area contributed by atoms with E-state index in [2.05, 4.69) is 10.4 Å². The van der Waals surface area contributed by atoms with Gasteiger partial charge in [0, 0.05) is 24.1 Å². The van der Waals surface area contributed by atoms with Gasteiger partial charge < -0.3 is 5.32 Å². The maximum absolute atomic E-state index is 11.3. The van der Waals surface area contributed by atoms with Crippen LogP contribution in [0.5, 0.6) is 0 Å². The topological polar surface area (TPSA) is 90.0 Å². The van der Waals surface area contributed by atoms with Crippen molar-refractivity contribution in [2.75, 3.05) is 5.32 Å². The van der Waals surface area contributed by atoms with E-state index in [1.165, 1.54) is 12.1 Å². The standard InChI is InChI=1S/C12H16N4O2S/c1-10(9-16-7-3-6-14-16)15-11-4-2-5-12(8-11)19(13,17)18/h2-8,10,15H,9H2,1H3,(H2,13,17,18)/t10-/m0/s1. The molecule has 1 aromatic carbocycles. The molecular weight excluding hydrogens is 264 g/mol. The molecule has 3 N–H and O–H groups in total. The van der Waals surface area contributed by atoms with E-state index in [9.17, 15) is 8.42 Å². The fourth-order valence-corrected chi connectivity index (χ4v) is 2.34. The maximum atomic E-state index is 11.3. The highest BCUT2D eigenvalue weighted by Crippen LogP contribution is 2.15. The average molecular weight is 280 g/mol. The first-order valence-corrected chi connectivity index (χ1v) is 7.36. The Morgan fingerprint density at radius 3 is 2.84 bits per heavy atom. The summed E-state index contributed by atoms with van der Waals surface area (Å²) in [5.74, 6) is 0. The zero-order chi connectivity index (χ0) is 13.9. The van der Waals surface area contributed by atoms with Crippen LogP contribution in [0.1, 0.15) is 6.92 Å². The van der Waals surface area contributed by atoms with Crippen LogP contribution in [0.15, 0.2) is 47.6 Å². The van der Waals surface area contributed by atoms with Gasteiger partial charge in [0.15, 0.2) is 0 Å². The summed E-state index contributed by atoms with van der Waals surface area (Å²) in [4.78, 5) is 0.101. The average Bonchev–Trinajstić information content (AvgIpc) is 2.80. The molecule has 0 amide bonds. The van der Waals surface area contributed by atoms with Crippen LogP contribution in [-0.4, -0.2) is 24.2 Å². The minimum atomic E-state index is -3.67. The van der Waals surface area contributed by atoms with Crippen molar-refractivity contribution in [3.8, 4) is 0 Å². The van der Waals surface area contributed by atoms with Gasteiger partial charge in [-0.25, -0.2) is 13.6 Å². The third-order valence-electron chi connectivity index (χ3n) is 2.60. The molecule has 1 atom stereocenters. The summed E-state index contributed by atoms with van der Waals surface area (Å²) in [5, 5.41) is 12.4. The Kier molecular flexibility index (Phi) is 3.87. The van der Waals surface area contributed by atoms with E-state index >= 15 is 0 Å². The first-order chi connectivity index (χ1) is 8.95. The number of benzene rings is 1. The van der Waals surface area contributed by atoms with E-state index in [4.69, 9.17) is 5.14 Å². The number of anilines is 1. The maximum Gasteiger partial charge on any atom is 0.238 e. The van der Waals surface area contributed by atoms with Crippen molar-refractivity contribution in [1.29, 1.82) is 0 Å². The highest BCUT2D eigenvalue weighted by Gasteiger charge is 2.09. The van der Waals surface area contributed by atoms with Crippen LogP contribution in [0.3, 0.4) is 0 Å². The molecule has 1 heterocycles. The van der Waals surface area contributed by atoms with Gasteiger partial charge in [-0.2, -0.15) is 5.10 Å². The summed E-state index contributed by atoms with van der Waals surface area (Å²) in [6.45, 7) is 2.68. The third-order valence-corrected chi connectivity index (χ3v) is 3.51.